The van der Waals surface area contributed by atoms with Crippen LogP contribution in [0.1, 0.15) is 13.8 Å². The maximum Gasteiger partial charge on any atom is 0.243 e. The summed E-state index contributed by atoms with van der Waals surface area (Å²) in [6.45, 7) is 4.73. The minimum Gasteiger partial charge on any atom is -0.207 e. The molecule has 0 amide bonds. The first-order valence-corrected chi connectivity index (χ1v) is 6.53. The molecular formula is C8H13NO2S2. The van der Waals surface area contributed by atoms with Crippen LogP contribution in [0.2, 0.25) is 0 Å². The van der Waals surface area contributed by atoms with E-state index >= 15 is 0 Å². The second kappa shape index (κ2) is 4.21. The third-order valence-corrected chi connectivity index (χ3v) is 4.72. The second-order valence-corrected chi connectivity index (χ2v) is 5.27. The van der Waals surface area contributed by atoms with Crippen molar-refractivity contribution in [3.63, 3.8) is 0 Å². The maximum absolute atomic E-state index is 11.8. The Labute approximate surface area is 83.1 Å². The predicted molar refractivity (Wildman–Crippen MR) is 54.4 cm³/mol. The summed E-state index contributed by atoms with van der Waals surface area (Å²) in [6.07, 6.45) is 0. The molecule has 0 aliphatic rings. The molecule has 0 N–H and O–H groups in total. The van der Waals surface area contributed by atoms with Crippen LogP contribution in [0.5, 0.6) is 0 Å². The Morgan fingerprint density at radius 3 is 2.38 bits per heavy atom. The standard InChI is InChI=1S/C8H13NO2S2/c1-3-9(4-2)13(10,11)8-5-6-12-7-8/h5-7H,3-4H2,1-2H3. The van der Waals surface area contributed by atoms with Gasteiger partial charge >= 0.3 is 0 Å². The second-order valence-electron chi connectivity index (χ2n) is 2.55. The van der Waals surface area contributed by atoms with Gasteiger partial charge in [-0.3, -0.25) is 0 Å². The molecule has 1 aromatic rings. The van der Waals surface area contributed by atoms with Crippen molar-refractivity contribution in [1.29, 1.82) is 0 Å². The van der Waals surface area contributed by atoms with E-state index in [1.165, 1.54) is 15.6 Å². The molecule has 13 heavy (non-hydrogen) atoms. The van der Waals surface area contributed by atoms with Gasteiger partial charge in [-0.05, 0) is 11.4 Å². The third-order valence-electron chi connectivity index (χ3n) is 1.84. The highest BCUT2D eigenvalue weighted by Gasteiger charge is 2.21. The molecule has 1 rings (SSSR count). The van der Waals surface area contributed by atoms with Gasteiger partial charge in [-0.25, -0.2) is 8.42 Å². The fourth-order valence-electron chi connectivity index (χ4n) is 1.11. The molecule has 1 heterocycles. The van der Waals surface area contributed by atoms with Crippen molar-refractivity contribution in [2.24, 2.45) is 0 Å². The molecule has 3 nitrogen and oxygen atoms in total. The Bertz CT molecular complexity index is 338. The SMILES string of the molecule is CCN(CC)S(=O)(=O)c1ccsc1. The van der Waals surface area contributed by atoms with Gasteiger partial charge in [-0.15, -0.1) is 0 Å². The van der Waals surface area contributed by atoms with Crippen molar-refractivity contribution in [2.75, 3.05) is 13.1 Å². The number of nitrogens with zero attached hydrogens (tertiary/aromatic N) is 1. The van der Waals surface area contributed by atoms with Crippen molar-refractivity contribution in [3.05, 3.63) is 16.8 Å². The molecule has 0 spiro atoms. The quantitative estimate of drug-likeness (QED) is 0.774. The fraction of sp³-hybridized carbons (Fsp3) is 0.500. The topological polar surface area (TPSA) is 37.4 Å². The zero-order chi connectivity index (χ0) is 9.90. The van der Waals surface area contributed by atoms with Crippen molar-refractivity contribution >= 4 is 21.4 Å². The van der Waals surface area contributed by atoms with Crippen LogP contribution in [0, 0.1) is 0 Å². The smallest absolute Gasteiger partial charge is 0.207 e. The zero-order valence-corrected chi connectivity index (χ0v) is 9.36. The first-order chi connectivity index (χ1) is 6.12. The molecule has 74 valence electrons. The molecule has 5 heteroatoms. The van der Waals surface area contributed by atoms with E-state index in [1.54, 1.807) is 16.8 Å². The van der Waals surface area contributed by atoms with E-state index in [0.717, 1.165) is 0 Å². The van der Waals surface area contributed by atoms with E-state index in [4.69, 9.17) is 0 Å². The summed E-state index contributed by atoms with van der Waals surface area (Å²) in [4.78, 5) is 0.404. The molecule has 0 radical (unpaired) electrons. The minimum atomic E-state index is -3.21. The van der Waals surface area contributed by atoms with Crippen LogP contribution in [0.3, 0.4) is 0 Å². The van der Waals surface area contributed by atoms with Crippen molar-refractivity contribution in [2.45, 2.75) is 18.7 Å². The normalized spacial score (nSPS) is 12.2. The van der Waals surface area contributed by atoms with E-state index in [2.05, 4.69) is 0 Å². The third kappa shape index (κ3) is 2.10. The summed E-state index contributed by atoms with van der Waals surface area (Å²) in [5, 5.41) is 3.43. The van der Waals surface area contributed by atoms with E-state index in [9.17, 15) is 8.42 Å². The molecule has 0 fully saturated rings. The van der Waals surface area contributed by atoms with E-state index in [1.807, 2.05) is 13.8 Å². The summed E-state index contributed by atoms with van der Waals surface area (Å²) < 4.78 is 25.0. The monoisotopic (exact) mass is 219 g/mol. The largest absolute Gasteiger partial charge is 0.243 e. The molecule has 0 aliphatic heterocycles. The van der Waals surface area contributed by atoms with Gasteiger partial charge in [0.15, 0.2) is 0 Å². The van der Waals surface area contributed by atoms with Crippen LogP contribution in [-0.2, 0) is 10.0 Å². The van der Waals surface area contributed by atoms with Crippen LogP contribution >= 0.6 is 11.3 Å². The minimum absolute atomic E-state index is 0.404. The lowest BCUT2D eigenvalue weighted by molar-refractivity contribution is 0.445. The van der Waals surface area contributed by atoms with Crippen LogP contribution in [-0.4, -0.2) is 25.8 Å². The Morgan fingerprint density at radius 2 is 2.00 bits per heavy atom. The van der Waals surface area contributed by atoms with Crippen LogP contribution in [0.25, 0.3) is 0 Å². The van der Waals surface area contributed by atoms with Crippen molar-refractivity contribution < 1.29 is 8.42 Å². The van der Waals surface area contributed by atoms with Gasteiger partial charge in [0.25, 0.3) is 0 Å². The molecule has 0 aliphatic carbocycles. The predicted octanol–water partition coefficient (Wildman–Crippen LogP) is 1.78. The summed E-state index contributed by atoms with van der Waals surface area (Å²) in [5.74, 6) is 0. The number of hydrogen-bond donors (Lipinski definition) is 0. The Morgan fingerprint density at radius 1 is 1.38 bits per heavy atom. The average molecular weight is 219 g/mol. The molecule has 0 unspecified atom stereocenters. The summed E-state index contributed by atoms with van der Waals surface area (Å²) in [7, 11) is -3.21. The summed E-state index contributed by atoms with van der Waals surface area (Å²) in [6, 6.07) is 1.64. The number of sulfonamides is 1. The number of thiophene rings is 1. The number of hydrogen-bond acceptors (Lipinski definition) is 3. The van der Waals surface area contributed by atoms with E-state index in [0.29, 0.717) is 18.0 Å². The van der Waals surface area contributed by atoms with Crippen molar-refractivity contribution in [1.82, 2.24) is 4.31 Å². The Hall–Kier alpha value is -0.390. The molecule has 0 saturated heterocycles. The van der Waals surface area contributed by atoms with Gasteiger partial charge in [0.05, 0.1) is 4.90 Å². The van der Waals surface area contributed by atoms with Gasteiger partial charge in [0, 0.05) is 18.5 Å². The van der Waals surface area contributed by atoms with Gasteiger partial charge in [0.2, 0.25) is 10.0 Å². The number of rotatable bonds is 4. The molecule has 0 aromatic carbocycles. The van der Waals surface area contributed by atoms with Gasteiger partial charge in [-0.1, -0.05) is 13.8 Å². The first-order valence-electron chi connectivity index (χ1n) is 4.15. The Balaban J connectivity index is 3.02. The average Bonchev–Trinajstić information content (AvgIpc) is 2.58. The highest BCUT2D eigenvalue weighted by molar-refractivity contribution is 7.89. The molecule has 0 bridgehead atoms. The summed E-state index contributed by atoms with van der Waals surface area (Å²) in [5.41, 5.74) is 0. The molecular weight excluding hydrogens is 206 g/mol. The van der Waals surface area contributed by atoms with Gasteiger partial charge in [-0.2, -0.15) is 15.6 Å². The lowest BCUT2D eigenvalue weighted by Crippen LogP contribution is -2.30. The lowest BCUT2D eigenvalue weighted by Gasteiger charge is -2.16. The van der Waals surface area contributed by atoms with Crippen LogP contribution in [0.15, 0.2) is 21.7 Å². The first kappa shape index (κ1) is 10.7. The van der Waals surface area contributed by atoms with Crippen LogP contribution < -0.4 is 0 Å². The van der Waals surface area contributed by atoms with E-state index in [-0.39, 0.29) is 0 Å². The molecule has 0 atom stereocenters. The van der Waals surface area contributed by atoms with Crippen molar-refractivity contribution in [3.8, 4) is 0 Å². The van der Waals surface area contributed by atoms with Gasteiger partial charge < -0.3 is 0 Å². The summed E-state index contributed by atoms with van der Waals surface area (Å²) >= 11 is 1.40. The molecule has 1 aromatic heterocycles. The maximum atomic E-state index is 11.8. The highest BCUT2D eigenvalue weighted by atomic mass is 32.2. The van der Waals surface area contributed by atoms with Crippen LogP contribution in [0.4, 0.5) is 0 Å². The highest BCUT2D eigenvalue weighted by Crippen LogP contribution is 2.17. The lowest BCUT2D eigenvalue weighted by atomic mass is 10.7. The zero-order valence-electron chi connectivity index (χ0n) is 7.73. The fourth-order valence-corrected chi connectivity index (χ4v) is 3.58. The molecule has 0 saturated carbocycles. The van der Waals surface area contributed by atoms with Gasteiger partial charge in [0.1, 0.15) is 0 Å². The van der Waals surface area contributed by atoms with E-state index < -0.39 is 10.0 Å². The Kier molecular flexibility index (Phi) is 3.47.